The van der Waals surface area contributed by atoms with Gasteiger partial charge in [0.05, 0.1) is 5.69 Å². The van der Waals surface area contributed by atoms with Gasteiger partial charge in [-0.25, -0.2) is 4.99 Å². The molecule has 0 aliphatic carbocycles. The number of carbonyl (C=O) groups is 1. The minimum absolute atomic E-state index is 0.209. The average molecular weight is 343 g/mol. The first-order valence-electron chi connectivity index (χ1n) is 8.47. The van der Waals surface area contributed by atoms with Crippen LogP contribution in [-0.2, 0) is 0 Å². The lowest BCUT2D eigenvalue weighted by molar-refractivity contribution is 0.0977. The van der Waals surface area contributed by atoms with Gasteiger partial charge in [-0.2, -0.15) is 0 Å². The SMILES string of the molecule is Cc1cccc(C)c1N=C(NC(=O)c1ccccc1)Nc1ccccc1. The molecule has 0 unspecified atom stereocenters. The highest BCUT2D eigenvalue weighted by Gasteiger charge is 2.10. The minimum Gasteiger partial charge on any atom is -0.326 e. The van der Waals surface area contributed by atoms with Gasteiger partial charge in [-0.15, -0.1) is 0 Å². The number of benzene rings is 3. The van der Waals surface area contributed by atoms with Gasteiger partial charge in [0.25, 0.3) is 5.91 Å². The Labute approximate surface area is 153 Å². The topological polar surface area (TPSA) is 53.5 Å². The Morgan fingerprint density at radius 2 is 1.35 bits per heavy atom. The molecule has 0 heterocycles. The van der Waals surface area contributed by atoms with E-state index in [0.717, 1.165) is 22.5 Å². The molecule has 26 heavy (non-hydrogen) atoms. The number of rotatable bonds is 3. The summed E-state index contributed by atoms with van der Waals surface area (Å²) in [5, 5.41) is 6.09. The number of para-hydroxylation sites is 2. The summed E-state index contributed by atoms with van der Waals surface area (Å²) in [6, 6.07) is 24.7. The van der Waals surface area contributed by atoms with Gasteiger partial charge in [-0.1, -0.05) is 54.6 Å². The lowest BCUT2D eigenvalue weighted by Crippen LogP contribution is -2.35. The van der Waals surface area contributed by atoms with E-state index in [1.807, 2.05) is 80.6 Å². The first kappa shape index (κ1) is 17.4. The van der Waals surface area contributed by atoms with Crippen LogP contribution in [0, 0.1) is 13.8 Å². The van der Waals surface area contributed by atoms with Crippen molar-refractivity contribution in [3.8, 4) is 0 Å². The van der Waals surface area contributed by atoms with Crippen LogP contribution in [0.1, 0.15) is 21.5 Å². The molecule has 0 saturated heterocycles. The molecule has 0 bridgehead atoms. The molecule has 0 aromatic heterocycles. The van der Waals surface area contributed by atoms with E-state index in [1.54, 1.807) is 12.1 Å². The first-order valence-corrected chi connectivity index (χ1v) is 8.47. The second-order valence-corrected chi connectivity index (χ2v) is 6.01. The molecule has 0 fully saturated rings. The highest BCUT2D eigenvalue weighted by Crippen LogP contribution is 2.23. The Morgan fingerprint density at radius 3 is 1.96 bits per heavy atom. The Kier molecular flexibility index (Phi) is 5.44. The molecule has 4 nitrogen and oxygen atoms in total. The molecule has 0 spiro atoms. The van der Waals surface area contributed by atoms with Gasteiger partial charge in [-0.05, 0) is 49.2 Å². The second-order valence-electron chi connectivity index (χ2n) is 6.01. The predicted molar refractivity (Wildman–Crippen MR) is 107 cm³/mol. The summed E-state index contributed by atoms with van der Waals surface area (Å²) in [5.41, 5.74) is 4.37. The van der Waals surface area contributed by atoms with E-state index in [4.69, 9.17) is 4.99 Å². The van der Waals surface area contributed by atoms with Crippen LogP contribution in [0.2, 0.25) is 0 Å². The minimum atomic E-state index is -0.209. The van der Waals surface area contributed by atoms with Crippen LogP contribution >= 0.6 is 0 Å². The normalized spacial score (nSPS) is 11.1. The standard InChI is InChI=1S/C22H21N3O/c1-16-10-9-11-17(2)20(16)24-22(23-19-14-7-4-8-15-19)25-21(26)18-12-5-3-6-13-18/h3-15H,1-2H3,(H2,23,24,25,26). The van der Waals surface area contributed by atoms with E-state index in [-0.39, 0.29) is 5.91 Å². The molecule has 3 aromatic rings. The van der Waals surface area contributed by atoms with E-state index in [0.29, 0.717) is 11.5 Å². The highest BCUT2D eigenvalue weighted by atomic mass is 16.1. The van der Waals surface area contributed by atoms with Crippen LogP contribution in [0.4, 0.5) is 11.4 Å². The van der Waals surface area contributed by atoms with Gasteiger partial charge in [0.1, 0.15) is 0 Å². The van der Waals surface area contributed by atoms with Gasteiger partial charge < -0.3 is 5.32 Å². The third kappa shape index (κ3) is 4.36. The monoisotopic (exact) mass is 343 g/mol. The lowest BCUT2D eigenvalue weighted by Gasteiger charge is -2.13. The van der Waals surface area contributed by atoms with Crippen molar-refractivity contribution >= 4 is 23.2 Å². The molecule has 4 heteroatoms. The number of carbonyl (C=O) groups excluding carboxylic acids is 1. The summed E-state index contributed by atoms with van der Waals surface area (Å²) in [4.78, 5) is 17.3. The van der Waals surface area contributed by atoms with Crippen LogP contribution < -0.4 is 10.6 Å². The van der Waals surface area contributed by atoms with Crippen molar-refractivity contribution < 1.29 is 4.79 Å². The van der Waals surface area contributed by atoms with E-state index in [2.05, 4.69) is 10.6 Å². The molecule has 0 saturated carbocycles. The number of nitrogens with zero attached hydrogens (tertiary/aromatic N) is 1. The smallest absolute Gasteiger partial charge is 0.257 e. The molecule has 1 amide bonds. The number of nitrogens with one attached hydrogen (secondary N) is 2. The van der Waals surface area contributed by atoms with Gasteiger partial charge in [0.15, 0.2) is 0 Å². The molecule has 2 N–H and O–H groups in total. The summed E-state index contributed by atoms with van der Waals surface area (Å²) in [7, 11) is 0. The highest BCUT2D eigenvalue weighted by molar-refractivity contribution is 6.10. The van der Waals surface area contributed by atoms with Gasteiger partial charge in [0, 0.05) is 11.3 Å². The fourth-order valence-electron chi connectivity index (χ4n) is 2.61. The van der Waals surface area contributed by atoms with Crippen LogP contribution in [0.25, 0.3) is 0 Å². The van der Waals surface area contributed by atoms with Crippen molar-refractivity contribution in [3.05, 3.63) is 95.6 Å². The van der Waals surface area contributed by atoms with Crippen LogP contribution in [0.5, 0.6) is 0 Å². The number of hydrogen-bond acceptors (Lipinski definition) is 2. The number of aryl methyl sites for hydroxylation is 2. The summed E-state index contributed by atoms with van der Waals surface area (Å²) >= 11 is 0. The number of guanidine groups is 1. The summed E-state index contributed by atoms with van der Waals surface area (Å²) < 4.78 is 0. The Hall–Kier alpha value is -3.40. The molecule has 0 radical (unpaired) electrons. The van der Waals surface area contributed by atoms with Crippen molar-refractivity contribution in [2.24, 2.45) is 4.99 Å². The zero-order valence-electron chi connectivity index (χ0n) is 14.9. The quantitative estimate of drug-likeness (QED) is 0.528. The molecule has 0 aliphatic heterocycles. The maximum atomic E-state index is 12.6. The zero-order valence-corrected chi connectivity index (χ0v) is 14.9. The van der Waals surface area contributed by atoms with Crippen LogP contribution in [0.3, 0.4) is 0 Å². The first-order chi connectivity index (χ1) is 12.6. The second kappa shape index (κ2) is 8.12. The molecular weight excluding hydrogens is 322 g/mol. The third-order valence-corrected chi connectivity index (χ3v) is 3.97. The van der Waals surface area contributed by atoms with Crippen LogP contribution in [0.15, 0.2) is 83.9 Å². The molecule has 0 aliphatic rings. The van der Waals surface area contributed by atoms with E-state index in [1.165, 1.54) is 0 Å². The Morgan fingerprint density at radius 1 is 0.769 bits per heavy atom. The van der Waals surface area contributed by atoms with Crippen LogP contribution in [-0.4, -0.2) is 11.9 Å². The largest absolute Gasteiger partial charge is 0.326 e. The van der Waals surface area contributed by atoms with Crippen molar-refractivity contribution in [2.75, 3.05) is 5.32 Å². The van der Waals surface area contributed by atoms with Crippen molar-refractivity contribution in [1.29, 1.82) is 0 Å². The lowest BCUT2D eigenvalue weighted by atomic mass is 10.1. The molecule has 130 valence electrons. The van der Waals surface area contributed by atoms with Gasteiger partial charge in [-0.3, -0.25) is 10.1 Å². The van der Waals surface area contributed by atoms with Crippen molar-refractivity contribution in [3.63, 3.8) is 0 Å². The number of hydrogen-bond donors (Lipinski definition) is 2. The van der Waals surface area contributed by atoms with E-state index < -0.39 is 0 Å². The van der Waals surface area contributed by atoms with Gasteiger partial charge >= 0.3 is 0 Å². The third-order valence-electron chi connectivity index (χ3n) is 3.97. The Balaban J connectivity index is 1.94. The van der Waals surface area contributed by atoms with Gasteiger partial charge in [0.2, 0.25) is 5.96 Å². The number of aliphatic imine (C=N–C) groups is 1. The molecular formula is C22H21N3O. The predicted octanol–water partition coefficient (Wildman–Crippen LogP) is 4.83. The Bertz CT molecular complexity index is 898. The van der Waals surface area contributed by atoms with Crippen molar-refractivity contribution in [1.82, 2.24) is 5.32 Å². The molecule has 3 rings (SSSR count). The molecule has 3 aromatic carbocycles. The van der Waals surface area contributed by atoms with E-state index >= 15 is 0 Å². The average Bonchev–Trinajstić information content (AvgIpc) is 2.66. The van der Waals surface area contributed by atoms with E-state index in [9.17, 15) is 4.79 Å². The summed E-state index contributed by atoms with van der Waals surface area (Å²) in [6.45, 7) is 4.01. The molecule has 0 atom stereocenters. The fraction of sp³-hybridized carbons (Fsp3) is 0.0909. The fourth-order valence-corrected chi connectivity index (χ4v) is 2.61. The number of anilines is 1. The summed E-state index contributed by atoms with van der Waals surface area (Å²) in [5.74, 6) is 0.182. The zero-order chi connectivity index (χ0) is 18.4. The maximum Gasteiger partial charge on any atom is 0.257 e. The van der Waals surface area contributed by atoms with Crippen molar-refractivity contribution in [2.45, 2.75) is 13.8 Å². The summed E-state index contributed by atoms with van der Waals surface area (Å²) in [6.07, 6.45) is 0. The number of amides is 1. The maximum absolute atomic E-state index is 12.6.